The number of rotatable bonds is 7. The number of aromatic nitrogens is 1. The number of likely N-dealkylation sites (tertiary alicyclic amines) is 1. The van der Waals surface area contributed by atoms with E-state index in [-0.39, 0.29) is 18.6 Å². The molecule has 1 aliphatic rings. The van der Waals surface area contributed by atoms with Crippen LogP contribution in [0.5, 0.6) is 5.75 Å². The van der Waals surface area contributed by atoms with Crippen LogP contribution in [0.3, 0.4) is 0 Å². The minimum atomic E-state index is -4.39. The first-order valence-electron chi connectivity index (χ1n) is 12.6. The topological polar surface area (TPSA) is 70.6 Å². The molecule has 0 bridgehead atoms. The molecule has 0 aliphatic carbocycles. The van der Waals surface area contributed by atoms with Crippen LogP contribution in [-0.4, -0.2) is 67.8 Å². The van der Waals surface area contributed by atoms with Crippen molar-refractivity contribution in [2.75, 3.05) is 50.7 Å². The molecule has 1 fully saturated rings. The second-order valence-corrected chi connectivity index (χ2v) is 10.3. The maximum Gasteiger partial charge on any atom is 0.406 e. The number of hydrogen-bond acceptors (Lipinski definition) is 5. The molecule has 2 amide bonds. The van der Waals surface area contributed by atoms with Gasteiger partial charge in [0.15, 0.2) is 0 Å². The van der Waals surface area contributed by atoms with Gasteiger partial charge in [0.1, 0.15) is 12.3 Å². The fourth-order valence-corrected chi connectivity index (χ4v) is 4.96. The van der Waals surface area contributed by atoms with Crippen molar-refractivity contribution in [2.45, 2.75) is 36.5 Å². The maximum absolute atomic E-state index is 13.2. The Labute approximate surface area is 230 Å². The summed E-state index contributed by atoms with van der Waals surface area (Å²) < 4.78 is 46.2. The third-order valence-corrected chi connectivity index (χ3v) is 7.27. The predicted molar refractivity (Wildman–Crippen MR) is 151 cm³/mol. The highest BCUT2D eigenvalue weighted by molar-refractivity contribution is 7.98. The summed E-state index contributed by atoms with van der Waals surface area (Å²) in [7, 11) is 3.64. The molecule has 11 heteroatoms. The SMILES string of the molecule is COc1cc(SC)ccc1NCC#Cc1cc(NC(=O)NC2CCN(C)CC2)c2ccn(CC(F)(F)F)c2c1. The molecule has 39 heavy (non-hydrogen) atoms. The average molecular weight is 560 g/mol. The predicted octanol–water partition coefficient (Wildman–Crippen LogP) is 5.61. The van der Waals surface area contributed by atoms with Crippen LogP contribution in [0.4, 0.5) is 29.3 Å². The van der Waals surface area contributed by atoms with Crippen molar-refractivity contribution in [2.24, 2.45) is 0 Å². The second-order valence-electron chi connectivity index (χ2n) is 9.41. The van der Waals surface area contributed by atoms with Crippen LogP contribution >= 0.6 is 11.8 Å². The molecule has 0 unspecified atom stereocenters. The number of nitrogens with one attached hydrogen (secondary N) is 3. The fraction of sp³-hybridized carbons (Fsp3) is 0.393. The summed E-state index contributed by atoms with van der Waals surface area (Å²) in [6, 6.07) is 10.3. The Morgan fingerprint density at radius 2 is 1.92 bits per heavy atom. The number of benzene rings is 2. The van der Waals surface area contributed by atoms with Crippen molar-refractivity contribution >= 4 is 40.1 Å². The van der Waals surface area contributed by atoms with Crippen molar-refractivity contribution in [1.29, 1.82) is 0 Å². The number of anilines is 2. The molecule has 1 aromatic heterocycles. The van der Waals surface area contributed by atoms with Crippen LogP contribution in [0.25, 0.3) is 10.9 Å². The summed E-state index contributed by atoms with van der Waals surface area (Å²) in [5.41, 5.74) is 2.03. The maximum atomic E-state index is 13.2. The van der Waals surface area contributed by atoms with Gasteiger partial charge in [0.2, 0.25) is 0 Å². The number of ether oxygens (including phenoxy) is 1. The van der Waals surface area contributed by atoms with E-state index < -0.39 is 12.7 Å². The van der Waals surface area contributed by atoms with Gasteiger partial charge in [-0.15, -0.1) is 11.8 Å². The van der Waals surface area contributed by atoms with Gasteiger partial charge in [-0.25, -0.2) is 4.79 Å². The molecule has 0 spiro atoms. The molecule has 1 saturated heterocycles. The van der Waals surface area contributed by atoms with Crippen molar-refractivity contribution in [3.05, 3.63) is 48.2 Å². The minimum Gasteiger partial charge on any atom is -0.495 e. The van der Waals surface area contributed by atoms with E-state index >= 15 is 0 Å². The quantitative estimate of drug-likeness (QED) is 0.259. The van der Waals surface area contributed by atoms with Gasteiger partial charge in [-0.2, -0.15) is 13.2 Å². The smallest absolute Gasteiger partial charge is 0.406 e. The lowest BCUT2D eigenvalue weighted by molar-refractivity contribution is -0.139. The number of alkyl halides is 3. The Kier molecular flexibility index (Phi) is 9.20. The Balaban J connectivity index is 1.55. The number of amides is 2. The number of carbonyl (C=O) groups is 1. The molecule has 7 nitrogen and oxygen atoms in total. The standard InChI is InChI=1S/C28H32F3N5O2S/c1-35-12-8-20(9-13-35)33-27(37)34-24-15-19(16-25-22(24)10-14-36(25)18-28(29,30)31)5-4-11-32-23-7-6-21(39-3)17-26(23)38-2/h6-7,10,14-17,20,32H,8-9,11-13,18H2,1-3H3,(H2,33,34,37). The highest BCUT2D eigenvalue weighted by Crippen LogP contribution is 2.30. The largest absolute Gasteiger partial charge is 0.495 e. The number of fused-ring (bicyclic) bond motifs is 1. The zero-order chi connectivity index (χ0) is 28.0. The first-order valence-corrected chi connectivity index (χ1v) is 13.8. The molecule has 1 aliphatic heterocycles. The number of hydrogen-bond donors (Lipinski definition) is 3. The lowest BCUT2D eigenvalue weighted by atomic mass is 10.1. The van der Waals surface area contributed by atoms with E-state index in [9.17, 15) is 18.0 Å². The highest BCUT2D eigenvalue weighted by Gasteiger charge is 2.28. The second kappa shape index (κ2) is 12.6. The molecular formula is C28H32F3N5O2S. The van der Waals surface area contributed by atoms with Gasteiger partial charge < -0.3 is 30.2 Å². The third kappa shape index (κ3) is 7.77. The van der Waals surface area contributed by atoms with Crippen LogP contribution in [-0.2, 0) is 6.54 Å². The third-order valence-electron chi connectivity index (χ3n) is 6.55. The summed E-state index contributed by atoms with van der Waals surface area (Å²) in [5, 5.41) is 9.55. The van der Waals surface area contributed by atoms with E-state index in [0.29, 0.717) is 27.9 Å². The molecule has 2 aromatic carbocycles. The van der Waals surface area contributed by atoms with Gasteiger partial charge >= 0.3 is 12.2 Å². The van der Waals surface area contributed by atoms with Crippen LogP contribution in [0.15, 0.2) is 47.5 Å². The first-order chi connectivity index (χ1) is 18.6. The van der Waals surface area contributed by atoms with Crippen LogP contribution in [0.1, 0.15) is 18.4 Å². The average Bonchev–Trinajstić information content (AvgIpc) is 3.29. The van der Waals surface area contributed by atoms with E-state index in [4.69, 9.17) is 4.74 Å². The van der Waals surface area contributed by atoms with Crippen LogP contribution < -0.4 is 20.7 Å². The minimum absolute atomic E-state index is 0.0440. The molecule has 0 saturated carbocycles. The lowest BCUT2D eigenvalue weighted by Crippen LogP contribution is -2.44. The van der Waals surface area contributed by atoms with E-state index in [1.807, 2.05) is 31.5 Å². The summed E-state index contributed by atoms with van der Waals surface area (Å²) in [5.74, 6) is 6.73. The van der Waals surface area contributed by atoms with Gasteiger partial charge in [-0.1, -0.05) is 11.8 Å². The number of thioether (sulfide) groups is 1. The molecule has 3 N–H and O–H groups in total. The molecule has 0 radical (unpaired) electrons. The summed E-state index contributed by atoms with van der Waals surface area (Å²) in [4.78, 5) is 16.1. The Morgan fingerprint density at radius 3 is 2.62 bits per heavy atom. The van der Waals surface area contributed by atoms with E-state index in [2.05, 4.69) is 32.7 Å². The summed E-state index contributed by atoms with van der Waals surface area (Å²) in [6.07, 6.45) is 0.648. The van der Waals surface area contributed by atoms with Crippen LogP contribution in [0, 0.1) is 11.8 Å². The lowest BCUT2D eigenvalue weighted by Gasteiger charge is -2.29. The van der Waals surface area contributed by atoms with Gasteiger partial charge in [0.05, 0.1) is 30.5 Å². The number of nitrogens with zero attached hydrogens (tertiary/aromatic N) is 2. The van der Waals surface area contributed by atoms with Gasteiger partial charge in [-0.3, -0.25) is 0 Å². The monoisotopic (exact) mass is 559 g/mol. The first kappa shape index (κ1) is 28.5. The molecule has 2 heterocycles. The zero-order valence-corrected chi connectivity index (χ0v) is 22.9. The summed E-state index contributed by atoms with van der Waals surface area (Å²) >= 11 is 1.61. The zero-order valence-electron chi connectivity index (χ0n) is 22.1. The summed E-state index contributed by atoms with van der Waals surface area (Å²) in [6.45, 7) is 0.933. The van der Waals surface area contributed by atoms with Crippen molar-refractivity contribution < 1.29 is 22.7 Å². The van der Waals surface area contributed by atoms with E-state index in [1.54, 1.807) is 37.1 Å². The number of methoxy groups -OCH3 is 1. The van der Waals surface area contributed by atoms with Gasteiger partial charge in [0, 0.05) is 28.1 Å². The molecular weight excluding hydrogens is 527 g/mol. The number of carbonyl (C=O) groups excluding carboxylic acids is 1. The van der Waals surface area contributed by atoms with Gasteiger partial charge in [0.25, 0.3) is 0 Å². The molecule has 3 aromatic rings. The van der Waals surface area contributed by atoms with Gasteiger partial charge in [-0.05, 0) is 75.6 Å². The van der Waals surface area contributed by atoms with Crippen molar-refractivity contribution in [1.82, 2.24) is 14.8 Å². The number of piperidine rings is 1. The fourth-order valence-electron chi connectivity index (χ4n) is 4.53. The number of urea groups is 1. The molecule has 4 rings (SSSR count). The Morgan fingerprint density at radius 1 is 1.15 bits per heavy atom. The normalized spacial score (nSPS) is 14.5. The highest BCUT2D eigenvalue weighted by atomic mass is 32.2. The van der Waals surface area contributed by atoms with E-state index in [0.717, 1.165) is 41.1 Å². The van der Waals surface area contributed by atoms with Crippen molar-refractivity contribution in [3.8, 4) is 17.6 Å². The number of halogens is 3. The Hall–Kier alpha value is -3.49. The van der Waals surface area contributed by atoms with Crippen LogP contribution in [0.2, 0.25) is 0 Å². The Bertz CT molecular complexity index is 1370. The molecule has 0 atom stereocenters. The molecule has 208 valence electrons. The van der Waals surface area contributed by atoms with Crippen molar-refractivity contribution in [3.63, 3.8) is 0 Å². The van der Waals surface area contributed by atoms with E-state index in [1.165, 1.54) is 6.20 Å².